The summed E-state index contributed by atoms with van der Waals surface area (Å²) in [6.45, 7) is 3.59. The maximum absolute atomic E-state index is 12.5. The third-order valence-electron chi connectivity index (χ3n) is 2.05. The fourth-order valence-corrected chi connectivity index (χ4v) is 1.32. The van der Waals surface area contributed by atoms with Crippen LogP contribution in [0, 0.1) is 0 Å². The molecule has 0 saturated heterocycles. The molecule has 1 heterocycles. The Kier molecular flexibility index (Phi) is 3.91. The van der Waals surface area contributed by atoms with Crippen molar-refractivity contribution in [3.63, 3.8) is 0 Å². The van der Waals surface area contributed by atoms with Gasteiger partial charge in [-0.05, 0) is 6.42 Å². The second-order valence-electron chi connectivity index (χ2n) is 3.21. The molecule has 0 atom stereocenters. The lowest BCUT2D eigenvalue weighted by molar-refractivity contribution is -0.809. The van der Waals surface area contributed by atoms with Gasteiger partial charge in [0.15, 0.2) is 0 Å². The van der Waals surface area contributed by atoms with Crippen molar-refractivity contribution >= 4 is 12.4 Å². The summed E-state index contributed by atoms with van der Waals surface area (Å²) < 4.78 is 14.4. The van der Waals surface area contributed by atoms with Crippen LogP contribution in [0.1, 0.15) is 32.6 Å². The summed E-state index contributed by atoms with van der Waals surface area (Å²) in [5.41, 5.74) is 0. The van der Waals surface area contributed by atoms with Crippen LogP contribution in [0.4, 0.5) is 4.48 Å². The van der Waals surface area contributed by atoms with Gasteiger partial charge in [-0.25, -0.2) is 0 Å². The third kappa shape index (κ3) is 3.11. The van der Waals surface area contributed by atoms with Crippen molar-refractivity contribution in [1.82, 2.24) is 0 Å². The number of halogens is 1. The van der Waals surface area contributed by atoms with E-state index in [0.717, 1.165) is 6.54 Å². The average molecular weight is 172 g/mol. The summed E-state index contributed by atoms with van der Waals surface area (Å²) in [5.74, 6) is 0. The minimum atomic E-state index is 0.409. The normalized spacial score (nSPS) is 16.2. The highest BCUT2D eigenvalue weighted by Crippen LogP contribution is 1.99. The van der Waals surface area contributed by atoms with Gasteiger partial charge >= 0.3 is 6.67 Å². The highest BCUT2D eigenvalue weighted by atomic mass is 19.2. The molecule has 2 nitrogen and oxygen atoms in total. The van der Waals surface area contributed by atoms with Crippen molar-refractivity contribution < 1.29 is 13.9 Å². The number of nitrogens with zero attached hydrogens (tertiary/aromatic N) is 2. The number of rotatable bonds is 5. The Morgan fingerprint density at radius 1 is 1.25 bits per heavy atom. The molecule has 0 N–H and O–H groups in total. The molecule has 0 aromatic carbocycles. The second kappa shape index (κ2) is 5.01. The Morgan fingerprint density at radius 2 is 2.08 bits per heavy atom. The minimum Gasteiger partial charge on any atom is -0.169 e. The van der Waals surface area contributed by atoms with Crippen molar-refractivity contribution in [2.45, 2.75) is 32.6 Å². The van der Waals surface area contributed by atoms with E-state index < -0.39 is 0 Å². The smallest absolute Gasteiger partial charge is 0.169 e. The average Bonchev–Trinajstić information content (AvgIpc) is 2.45. The molecule has 1 aliphatic heterocycles. The predicted octanol–water partition coefficient (Wildman–Crippen LogP) is 1.59. The number of hydrogen-bond donors (Lipinski definition) is 0. The molecule has 0 spiro atoms. The topological polar surface area (TPSA) is 6.02 Å². The molecular formula is C9H17FN2+2. The second-order valence-corrected chi connectivity index (χ2v) is 3.21. The van der Waals surface area contributed by atoms with Crippen LogP contribution in [0.3, 0.4) is 0 Å². The van der Waals surface area contributed by atoms with Gasteiger partial charge in [0.1, 0.15) is 6.54 Å². The van der Waals surface area contributed by atoms with Crippen LogP contribution in [0.5, 0.6) is 0 Å². The van der Waals surface area contributed by atoms with E-state index in [1.807, 2.05) is 10.8 Å². The first-order valence-corrected chi connectivity index (χ1v) is 4.67. The van der Waals surface area contributed by atoms with Crippen LogP contribution in [-0.2, 0) is 0 Å². The molecule has 1 aliphatic rings. The molecule has 12 heavy (non-hydrogen) atoms. The fraction of sp³-hybridized carbons (Fsp3) is 0.778. The van der Waals surface area contributed by atoms with E-state index in [9.17, 15) is 4.48 Å². The molecule has 1 rings (SSSR count). The molecule has 0 saturated carbocycles. The van der Waals surface area contributed by atoms with E-state index in [-0.39, 0.29) is 0 Å². The van der Waals surface area contributed by atoms with Crippen LogP contribution in [0.25, 0.3) is 0 Å². The van der Waals surface area contributed by atoms with Crippen molar-refractivity contribution in [3.8, 4) is 0 Å². The predicted molar refractivity (Wildman–Crippen MR) is 47.6 cm³/mol. The Morgan fingerprint density at radius 3 is 2.67 bits per heavy atom. The van der Waals surface area contributed by atoms with E-state index in [1.165, 1.54) is 31.9 Å². The quantitative estimate of drug-likeness (QED) is 0.337. The maximum Gasteiger partial charge on any atom is 0.377 e. The SMILES string of the molecule is CCCCCC[N+]1=CC=[N+](F)C1. The molecule has 0 unspecified atom stereocenters. The van der Waals surface area contributed by atoms with Gasteiger partial charge in [-0.1, -0.05) is 19.8 Å². The van der Waals surface area contributed by atoms with Crippen molar-refractivity contribution in [3.05, 3.63) is 0 Å². The summed E-state index contributed by atoms with van der Waals surface area (Å²) in [6.07, 6.45) is 8.26. The molecular weight excluding hydrogens is 155 g/mol. The standard InChI is InChI=1S/C9H17FN2/c1-2-3-4-5-6-11-7-8-12(10)9-11/h7-8H,2-6,9H2,1H3/q+2. The van der Waals surface area contributed by atoms with Crippen LogP contribution in [-0.4, -0.2) is 35.0 Å². The molecule has 0 fully saturated rings. The van der Waals surface area contributed by atoms with Gasteiger partial charge in [-0.15, -0.1) is 0 Å². The largest absolute Gasteiger partial charge is 0.377 e. The minimum absolute atomic E-state index is 0.409. The number of hydrogen-bond acceptors (Lipinski definition) is 0. The summed E-state index contributed by atoms with van der Waals surface area (Å²) >= 11 is 0. The zero-order valence-electron chi connectivity index (χ0n) is 7.67. The molecule has 3 heteroatoms. The van der Waals surface area contributed by atoms with Gasteiger partial charge in [-0.3, -0.25) is 0 Å². The first-order valence-electron chi connectivity index (χ1n) is 4.67. The molecule has 68 valence electrons. The summed E-state index contributed by atoms with van der Waals surface area (Å²) in [7, 11) is 0. The lowest BCUT2D eigenvalue weighted by Crippen LogP contribution is -2.15. The van der Waals surface area contributed by atoms with Gasteiger partial charge in [0.2, 0.25) is 6.21 Å². The Hall–Kier alpha value is -0.730. The third-order valence-corrected chi connectivity index (χ3v) is 2.05. The monoisotopic (exact) mass is 172 g/mol. The van der Waals surface area contributed by atoms with Crippen LogP contribution >= 0.6 is 0 Å². The van der Waals surface area contributed by atoms with Crippen LogP contribution in [0.2, 0.25) is 0 Å². The first-order chi connectivity index (χ1) is 5.83. The molecule has 0 amide bonds. The Labute approximate surface area is 73.0 Å². The maximum atomic E-state index is 12.5. The van der Waals surface area contributed by atoms with Gasteiger partial charge < -0.3 is 0 Å². The van der Waals surface area contributed by atoms with Gasteiger partial charge in [0.25, 0.3) is 6.21 Å². The summed E-state index contributed by atoms with van der Waals surface area (Å²) in [6, 6.07) is 0. The summed E-state index contributed by atoms with van der Waals surface area (Å²) in [5, 5.41) is 0. The lowest BCUT2D eigenvalue weighted by atomic mass is 10.2. The van der Waals surface area contributed by atoms with Crippen molar-refractivity contribution in [1.29, 1.82) is 0 Å². The fourth-order valence-electron chi connectivity index (χ4n) is 1.32. The molecule has 0 aliphatic carbocycles. The number of unbranched alkanes of at least 4 members (excludes halogenated alkanes) is 3. The van der Waals surface area contributed by atoms with E-state index in [1.54, 1.807) is 0 Å². The van der Waals surface area contributed by atoms with Crippen molar-refractivity contribution in [2.75, 3.05) is 13.2 Å². The molecule has 0 aromatic rings. The zero-order valence-corrected chi connectivity index (χ0v) is 7.67. The molecule has 0 aromatic heterocycles. The van der Waals surface area contributed by atoms with Crippen molar-refractivity contribution in [2.24, 2.45) is 0 Å². The summed E-state index contributed by atoms with van der Waals surface area (Å²) in [4.78, 5) is 0.708. The van der Waals surface area contributed by atoms with E-state index >= 15 is 0 Å². The zero-order chi connectivity index (χ0) is 8.81. The highest BCUT2D eigenvalue weighted by Gasteiger charge is 2.19. The lowest BCUT2D eigenvalue weighted by Gasteiger charge is -1.94. The van der Waals surface area contributed by atoms with E-state index in [2.05, 4.69) is 6.92 Å². The van der Waals surface area contributed by atoms with E-state index in [4.69, 9.17) is 0 Å². The Balaban J connectivity index is 2.03. The first kappa shape index (κ1) is 9.36. The van der Waals surface area contributed by atoms with E-state index in [0.29, 0.717) is 11.5 Å². The molecule has 0 radical (unpaired) electrons. The van der Waals surface area contributed by atoms with Gasteiger partial charge in [0, 0.05) is 6.42 Å². The van der Waals surface area contributed by atoms with Gasteiger partial charge in [-0.2, -0.15) is 4.58 Å². The van der Waals surface area contributed by atoms with Crippen LogP contribution in [0.15, 0.2) is 0 Å². The van der Waals surface area contributed by atoms with Crippen LogP contribution < -0.4 is 0 Å². The Bertz CT molecular complexity index is 197. The van der Waals surface area contributed by atoms with Gasteiger partial charge in [0.05, 0.1) is 9.28 Å². The highest BCUT2D eigenvalue weighted by molar-refractivity contribution is 6.11. The molecule has 0 bridgehead atoms.